The molecule has 0 aliphatic carbocycles. The van der Waals surface area contributed by atoms with E-state index in [1.807, 2.05) is 35.2 Å². The summed E-state index contributed by atoms with van der Waals surface area (Å²) in [4.78, 5) is 14.3. The van der Waals surface area contributed by atoms with Crippen molar-refractivity contribution in [3.05, 3.63) is 48.6 Å². The first-order chi connectivity index (χ1) is 11.9. The molecule has 1 atom stereocenters. The highest BCUT2D eigenvalue weighted by atomic mass is 32.2. The number of hydrogen-bond acceptors (Lipinski definition) is 3. The second kappa shape index (κ2) is 7.30. The van der Waals surface area contributed by atoms with E-state index < -0.39 is 10.0 Å². The van der Waals surface area contributed by atoms with E-state index in [0.29, 0.717) is 32.6 Å². The summed E-state index contributed by atoms with van der Waals surface area (Å²) >= 11 is 0. The smallest absolute Gasteiger partial charge is 0.222 e. The van der Waals surface area contributed by atoms with Crippen molar-refractivity contribution in [1.82, 2.24) is 9.21 Å². The molecule has 1 amide bonds. The molecule has 1 aromatic carbocycles. The molecule has 0 saturated carbocycles. The molecular formula is C19H26N2O3S. The van der Waals surface area contributed by atoms with Crippen molar-refractivity contribution in [2.75, 3.05) is 25.4 Å². The number of piperidine rings is 2. The van der Waals surface area contributed by atoms with Gasteiger partial charge in [0, 0.05) is 38.0 Å². The molecule has 2 saturated heterocycles. The molecule has 25 heavy (non-hydrogen) atoms. The predicted octanol–water partition coefficient (Wildman–Crippen LogP) is 2.41. The summed E-state index contributed by atoms with van der Waals surface area (Å²) in [6.07, 6.45) is 4.55. The molecule has 2 heterocycles. The standard InChI is InChI=1S/C19H26N2O3S/c1-2-13-25(23,24)21-12-6-10-19(16-21)11-9-18(22)20(15-19)14-17-7-4-3-5-8-17/h2-5,7-8H,1,6,9-16H2/t19-/m1/s1. The third-order valence-electron chi connectivity index (χ3n) is 5.31. The van der Waals surface area contributed by atoms with Crippen LogP contribution in [-0.4, -0.2) is 48.9 Å². The summed E-state index contributed by atoms with van der Waals surface area (Å²) in [5, 5.41) is 0. The largest absolute Gasteiger partial charge is 0.338 e. The number of sulfonamides is 1. The molecule has 1 spiro atoms. The first kappa shape index (κ1) is 18.1. The van der Waals surface area contributed by atoms with Crippen LogP contribution in [0.3, 0.4) is 0 Å². The van der Waals surface area contributed by atoms with E-state index in [-0.39, 0.29) is 17.1 Å². The Bertz CT molecular complexity index is 732. The van der Waals surface area contributed by atoms with E-state index in [9.17, 15) is 13.2 Å². The minimum atomic E-state index is -3.29. The number of rotatable bonds is 5. The van der Waals surface area contributed by atoms with Crippen LogP contribution in [0.5, 0.6) is 0 Å². The Morgan fingerprint density at radius 1 is 1.16 bits per heavy atom. The molecule has 0 aromatic heterocycles. The number of hydrogen-bond donors (Lipinski definition) is 0. The average molecular weight is 362 g/mol. The average Bonchev–Trinajstić information content (AvgIpc) is 2.59. The van der Waals surface area contributed by atoms with Gasteiger partial charge in [-0.25, -0.2) is 12.7 Å². The van der Waals surface area contributed by atoms with Crippen LogP contribution in [0, 0.1) is 5.41 Å². The monoisotopic (exact) mass is 362 g/mol. The van der Waals surface area contributed by atoms with Crippen molar-refractivity contribution < 1.29 is 13.2 Å². The quantitative estimate of drug-likeness (QED) is 0.756. The maximum atomic E-state index is 12.4. The highest BCUT2D eigenvalue weighted by Gasteiger charge is 2.43. The van der Waals surface area contributed by atoms with E-state index >= 15 is 0 Å². The maximum Gasteiger partial charge on any atom is 0.222 e. The van der Waals surface area contributed by atoms with Crippen LogP contribution in [0.1, 0.15) is 31.2 Å². The minimum absolute atomic E-state index is 0.0181. The molecule has 0 bridgehead atoms. The second-order valence-corrected chi connectivity index (χ2v) is 9.25. The Morgan fingerprint density at radius 3 is 2.64 bits per heavy atom. The SMILES string of the molecule is C=CCS(=O)(=O)N1CCC[C@]2(CCC(=O)N(Cc3ccccc3)C2)C1. The molecule has 3 rings (SSSR count). The van der Waals surface area contributed by atoms with Gasteiger partial charge in [0.25, 0.3) is 0 Å². The first-order valence-corrected chi connectivity index (χ1v) is 10.5. The molecule has 6 heteroatoms. The summed E-state index contributed by atoms with van der Waals surface area (Å²) in [6, 6.07) is 9.96. The number of likely N-dealkylation sites (tertiary alicyclic amines) is 1. The summed E-state index contributed by atoms with van der Waals surface area (Å²) in [7, 11) is -3.29. The molecule has 2 aliphatic rings. The van der Waals surface area contributed by atoms with Crippen LogP contribution in [0.25, 0.3) is 0 Å². The molecule has 0 unspecified atom stereocenters. The van der Waals surface area contributed by atoms with Crippen LogP contribution in [0.2, 0.25) is 0 Å². The normalized spacial score (nSPS) is 25.3. The van der Waals surface area contributed by atoms with Gasteiger partial charge in [-0.15, -0.1) is 6.58 Å². The fourth-order valence-electron chi connectivity index (χ4n) is 4.04. The first-order valence-electron chi connectivity index (χ1n) is 8.85. The van der Waals surface area contributed by atoms with Crippen LogP contribution < -0.4 is 0 Å². The van der Waals surface area contributed by atoms with Crippen molar-refractivity contribution in [2.24, 2.45) is 5.41 Å². The van der Waals surface area contributed by atoms with Crippen LogP contribution in [0.4, 0.5) is 0 Å². The summed E-state index contributed by atoms with van der Waals surface area (Å²) in [5.74, 6) is 0.149. The number of carbonyl (C=O) groups is 1. The minimum Gasteiger partial charge on any atom is -0.338 e. The zero-order chi connectivity index (χ0) is 17.9. The summed E-state index contributed by atoms with van der Waals surface area (Å²) in [5.41, 5.74) is 0.995. The van der Waals surface area contributed by atoms with Gasteiger partial charge in [-0.1, -0.05) is 36.4 Å². The van der Waals surface area contributed by atoms with Gasteiger partial charge in [-0.2, -0.15) is 0 Å². The Balaban J connectivity index is 1.74. The highest BCUT2D eigenvalue weighted by Crippen LogP contribution is 2.40. The van der Waals surface area contributed by atoms with Gasteiger partial charge in [0.05, 0.1) is 5.75 Å². The van der Waals surface area contributed by atoms with Crippen molar-refractivity contribution in [2.45, 2.75) is 32.2 Å². The fourth-order valence-corrected chi connectivity index (χ4v) is 5.42. The van der Waals surface area contributed by atoms with Gasteiger partial charge in [-0.05, 0) is 24.8 Å². The van der Waals surface area contributed by atoms with Gasteiger partial charge >= 0.3 is 0 Å². The molecule has 2 aliphatic heterocycles. The van der Waals surface area contributed by atoms with Crippen molar-refractivity contribution in [3.8, 4) is 0 Å². The number of amides is 1. The van der Waals surface area contributed by atoms with Crippen molar-refractivity contribution in [3.63, 3.8) is 0 Å². The number of carbonyl (C=O) groups excluding carboxylic acids is 1. The van der Waals surface area contributed by atoms with Crippen LogP contribution in [0.15, 0.2) is 43.0 Å². The van der Waals surface area contributed by atoms with Crippen LogP contribution >= 0.6 is 0 Å². The van der Waals surface area contributed by atoms with E-state index in [1.54, 1.807) is 4.31 Å². The lowest BCUT2D eigenvalue weighted by Gasteiger charge is -2.47. The Hall–Kier alpha value is -1.66. The lowest BCUT2D eigenvalue weighted by Crippen LogP contribution is -2.55. The van der Waals surface area contributed by atoms with Gasteiger partial charge < -0.3 is 4.90 Å². The maximum absolute atomic E-state index is 12.4. The third kappa shape index (κ3) is 4.12. The van der Waals surface area contributed by atoms with Crippen molar-refractivity contribution >= 4 is 15.9 Å². The summed E-state index contributed by atoms with van der Waals surface area (Å²) in [6.45, 7) is 5.88. The van der Waals surface area contributed by atoms with Gasteiger partial charge in [-0.3, -0.25) is 4.79 Å². The fraction of sp³-hybridized carbons (Fsp3) is 0.526. The van der Waals surface area contributed by atoms with Gasteiger partial charge in [0.2, 0.25) is 15.9 Å². The molecule has 0 N–H and O–H groups in total. The zero-order valence-electron chi connectivity index (χ0n) is 14.6. The Morgan fingerprint density at radius 2 is 1.92 bits per heavy atom. The van der Waals surface area contributed by atoms with Gasteiger partial charge in [0.1, 0.15) is 0 Å². The number of nitrogens with zero attached hydrogens (tertiary/aromatic N) is 2. The predicted molar refractivity (Wildman–Crippen MR) is 98.3 cm³/mol. The third-order valence-corrected chi connectivity index (χ3v) is 7.07. The Labute approximate surface area is 150 Å². The lowest BCUT2D eigenvalue weighted by atomic mass is 9.74. The molecule has 2 fully saturated rings. The van der Waals surface area contributed by atoms with E-state index in [1.165, 1.54) is 6.08 Å². The molecule has 1 aromatic rings. The van der Waals surface area contributed by atoms with Crippen LogP contribution in [-0.2, 0) is 21.4 Å². The van der Waals surface area contributed by atoms with Crippen molar-refractivity contribution in [1.29, 1.82) is 0 Å². The number of benzene rings is 1. The zero-order valence-corrected chi connectivity index (χ0v) is 15.4. The van der Waals surface area contributed by atoms with E-state index in [0.717, 1.165) is 24.8 Å². The second-order valence-electron chi connectivity index (χ2n) is 7.24. The lowest BCUT2D eigenvalue weighted by molar-refractivity contribution is -0.139. The molecule has 136 valence electrons. The Kier molecular flexibility index (Phi) is 5.29. The topological polar surface area (TPSA) is 57.7 Å². The highest BCUT2D eigenvalue weighted by molar-refractivity contribution is 7.89. The molecule has 0 radical (unpaired) electrons. The van der Waals surface area contributed by atoms with Gasteiger partial charge in [0.15, 0.2) is 0 Å². The van der Waals surface area contributed by atoms with E-state index in [4.69, 9.17) is 0 Å². The van der Waals surface area contributed by atoms with E-state index in [2.05, 4.69) is 6.58 Å². The summed E-state index contributed by atoms with van der Waals surface area (Å²) < 4.78 is 26.5. The molecule has 5 nitrogen and oxygen atoms in total. The molecular weight excluding hydrogens is 336 g/mol.